The van der Waals surface area contributed by atoms with E-state index in [2.05, 4.69) is 20.1 Å². The molecule has 19 heavy (non-hydrogen) atoms. The number of fused-ring (bicyclic) bond motifs is 1. The molecule has 3 fully saturated rings. The Morgan fingerprint density at radius 2 is 2.11 bits per heavy atom. The van der Waals surface area contributed by atoms with Gasteiger partial charge >= 0.3 is 0 Å². The summed E-state index contributed by atoms with van der Waals surface area (Å²) in [5.41, 5.74) is 0. The van der Waals surface area contributed by atoms with E-state index in [1.165, 1.54) is 32.2 Å². The lowest BCUT2D eigenvalue weighted by Crippen LogP contribution is -2.52. The minimum Gasteiger partial charge on any atom is -0.333 e. The molecule has 2 aliphatic heterocycles. The van der Waals surface area contributed by atoms with Crippen molar-refractivity contribution in [2.45, 2.75) is 37.6 Å². The van der Waals surface area contributed by atoms with Crippen LogP contribution in [0.4, 0.5) is 0 Å². The van der Waals surface area contributed by atoms with Crippen molar-refractivity contribution in [3.63, 3.8) is 0 Å². The molecule has 0 aromatic carbocycles. The number of carbonyl (C=O) groups is 1. The highest BCUT2D eigenvalue weighted by atomic mass is 16.2. The molecule has 102 valence electrons. The number of aromatic nitrogens is 3. The zero-order valence-corrected chi connectivity index (χ0v) is 11.0. The van der Waals surface area contributed by atoms with Crippen LogP contribution in [0.2, 0.25) is 0 Å². The van der Waals surface area contributed by atoms with Gasteiger partial charge < -0.3 is 4.90 Å². The van der Waals surface area contributed by atoms with Gasteiger partial charge in [-0.1, -0.05) is 0 Å². The fraction of sp³-hybridized carbons (Fsp3) is 0.769. The van der Waals surface area contributed by atoms with E-state index in [1.807, 2.05) is 4.90 Å². The van der Waals surface area contributed by atoms with Gasteiger partial charge in [0.2, 0.25) is 5.82 Å². The number of H-pyrrole nitrogens is 1. The van der Waals surface area contributed by atoms with Gasteiger partial charge in [-0.05, 0) is 32.2 Å². The molecule has 0 spiro atoms. The Hall–Kier alpha value is -1.43. The average molecular weight is 261 g/mol. The van der Waals surface area contributed by atoms with Crippen LogP contribution in [-0.4, -0.2) is 63.1 Å². The molecule has 1 N–H and O–H groups in total. The van der Waals surface area contributed by atoms with Crippen LogP contribution in [0.5, 0.6) is 0 Å². The Bertz CT molecular complexity index is 495. The Morgan fingerprint density at radius 3 is 2.95 bits per heavy atom. The average Bonchev–Trinajstić information content (AvgIpc) is 3.00. The molecule has 1 aromatic heterocycles. The third kappa shape index (κ3) is 2.04. The van der Waals surface area contributed by atoms with E-state index in [4.69, 9.17) is 0 Å². The van der Waals surface area contributed by atoms with Crippen LogP contribution >= 0.6 is 0 Å². The number of hydrogen-bond donors (Lipinski definition) is 1. The van der Waals surface area contributed by atoms with Crippen LogP contribution in [-0.2, 0) is 0 Å². The molecular weight excluding hydrogens is 242 g/mol. The maximum atomic E-state index is 12.4. The van der Waals surface area contributed by atoms with Crippen molar-refractivity contribution in [1.29, 1.82) is 0 Å². The molecule has 6 nitrogen and oxygen atoms in total. The summed E-state index contributed by atoms with van der Waals surface area (Å²) in [4.78, 5) is 21.2. The number of nitrogens with zero attached hydrogens (tertiary/aromatic N) is 4. The highest BCUT2D eigenvalue weighted by Crippen LogP contribution is 2.37. The van der Waals surface area contributed by atoms with Crippen LogP contribution in [0.3, 0.4) is 0 Å². The van der Waals surface area contributed by atoms with Gasteiger partial charge in [0.25, 0.3) is 5.91 Å². The molecule has 1 aliphatic carbocycles. The van der Waals surface area contributed by atoms with Gasteiger partial charge in [-0.2, -0.15) is 0 Å². The number of aromatic amines is 1. The number of rotatable bonds is 2. The smallest absolute Gasteiger partial charge is 0.293 e. The van der Waals surface area contributed by atoms with Crippen molar-refractivity contribution < 1.29 is 4.79 Å². The predicted octanol–water partition coefficient (Wildman–Crippen LogP) is 0.602. The van der Waals surface area contributed by atoms with E-state index in [1.54, 1.807) is 0 Å². The van der Waals surface area contributed by atoms with Gasteiger partial charge in [0.05, 0.1) is 0 Å². The number of nitrogens with one attached hydrogen (secondary N) is 1. The topological polar surface area (TPSA) is 65.1 Å². The summed E-state index contributed by atoms with van der Waals surface area (Å²) in [5.74, 6) is 1.76. The maximum Gasteiger partial charge on any atom is 0.293 e. The van der Waals surface area contributed by atoms with Crippen molar-refractivity contribution >= 4 is 5.91 Å². The van der Waals surface area contributed by atoms with Gasteiger partial charge in [0.15, 0.2) is 0 Å². The van der Waals surface area contributed by atoms with Gasteiger partial charge in [-0.15, -0.1) is 5.10 Å². The SMILES string of the molecule is O=C(c1n[nH]c(C2CC2)n1)N1CCN2CCCC2C1. The van der Waals surface area contributed by atoms with Gasteiger partial charge in [0, 0.05) is 31.6 Å². The summed E-state index contributed by atoms with van der Waals surface area (Å²) in [6.07, 6.45) is 4.82. The minimum atomic E-state index is -0.00491. The Labute approximate surface area is 112 Å². The zero-order chi connectivity index (χ0) is 12.8. The third-order valence-corrected chi connectivity index (χ3v) is 4.53. The number of hydrogen-bond acceptors (Lipinski definition) is 4. The molecule has 3 heterocycles. The van der Waals surface area contributed by atoms with Crippen LogP contribution < -0.4 is 0 Å². The first-order chi connectivity index (χ1) is 9.31. The highest BCUT2D eigenvalue weighted by Gasteiger charge is 2.34. The normalized spacial score (nSPS) is 27.6. The molecule has 4 rings (SSSR count). The Balaban J connectivity index is 1.46. The van der Waals surface area contributed by atoms with E-state index in [0.717, 1.165) is 25.5 Å². The van der Waals surface area contributed by atoms with E-state index in [9.17, 15) is 4.79 Å². The third-order valence-electron chi connectivity index (χ3n) is 4.53. The molecule has 1 amide bonds. The zero-order valence-electron chi connectivity index (χ0n) is 11.0. The lowest BCUT2D eigenvalue weighted by atomic mass is 10.1. The van der Waals surface area contributed by atoms with Crippen molar-refractivity contribution in [2.75, 3.05) is 26.2 Å². The summed E-state index contributed by atoms with van der Waals surface area (Å²) >= 11 is 0. The van der Waals surface area contributed by atoms with Crippen molar-refractivity contribution in [1.82, 2.24) is 25.0 Å². The molecule has 3 aliphatic rings. The second-order valence-electron chi connectivity index (χ2n) is 5.90. The summed E-state index contributed by atoms with van der Waals surface area (Å²) in [6.45, 7) is 3.84. The molecule has 1 aromatic rings. The van der Waals surface area contributed by atoms with E-state index >= 15 is 0 Å². The molecule has 1 atom stereocenters. The van der Waals surface area contributed by atoms with Gasteiger partial charge in [0.1, 0.15) is 5.82 Å². The largest absolute Gasteiger partial charge is 0.333 e. The van der Waals surface area contributed by atoms with Crippen LogP contribution in [0.25, 0.3) is 0 Å². The monoisotopic (exact) mass is 261 g/mol. The fourth-order valence-electron chi connectivity index (χ4n) is 3.23. The lowest BCUT2D eigenvalue weighted by molar-refractivity contribution is 0.0560. The lowest BCUT2D eigenvalue weighted by Gasteiger charge is -2.36. The van der Waals surface area contributed by atoms with E-state index in [0.29, 0.717) is 17.8 Å². The maximum absolute atomic E-state index is 12.4. The second kappa shape index (κ2) is 4.30. The molecule has 0 bridgehead atoms. The predicted molar refractivity (Wildman–Crippen MR) is 68.9 cm³/mol. The number of amides is 1. The summed E-state index contributed by atoms with van der Waals surface area (Å²) in [7, 11) is 0. The Kier molecular flexibility index (Phi) is 2.58. The van der Waals surface area contributed by atoms with Crippen molar-refractivity contribution in [3.05, 3.63) is 11.6 Å². The van der Waals surface area contributed by atoms with Crippen LogP contribution in [0.15, 0.2) is 0 Å². The first-order valence-electron chi connectivity index (χ1n) is 7.27. The van der Waals surface area contributed by atoms with Crippen LogP contribution in [0, 0.1) is 0 Å². The quantitative estimate of drug-likeness (QED) is 0.847. The minimum absolute atomic E-state index is 0.00491. The van der Waals surface area contributed by atoms with Gasteiger partial charge in [-0.3, -0.25) is 14.8 Å². The van der Waals surface area contributed by atoms with E-state index < -0.39 is 0 Å². The first-order valence-corrected chi connectivity index (χ1v) is 7.27. The summed E-state index contributed by atoms with van der Waals surface area (Å²) < 4.78 is 0. The summed E-state index contributed by atoms with van der Waals surface area (Å²) in [6, 6.07) is 0.555. The van der Waals surface area contributed by atoms with Crippen molar-refractivity contribution in [3.8, 4) is 0 Å². The van der Waals surface area contributed by atoms with Gasteiger partial charge in [-0.25, -0.2) is 4.98 Å². The summed E-state index contributed by atoms with van der Waals surface area (Å²) in [5, 5.41) is 7.01. The Morgan fingerprint density at radius 1 is 1.21 bits per heavy atom. The molecular formula is C13H19N5O. The van der Waals surface area contributed by atoms with Crippen molar-refractivity contribution in [2.24, 2.45) is 0 Å². The molecule has 6 heteroatoms. The standard InChI is InChI=1S/C13H19N5O/c19-13(12-14-11(15-16-12)9-3-4-9)18-7-6-17-5-1-2-10(17)8-18/h9-10H,1-8H2,(H,14,15,16). The highest BCUT2D eigenvalue weighted by molar-refractivity contribution is 5.90. The molecule has 1 unspecified atom stereocenters. The second-order valence-corrected chi connectivity index (χ2v) is 5.90. The molecule has 2 saturated heterocycles. The molecule has 0 radical (unpaired) electrons. The number of carbonyl (C=O) groups excluding carboxylic acids is 1. The van der Waals surface area contributed by atoms with Crippen LogP contribution in [0.1, 0.15) is 48.0 Å². The van der Waals surface area contributed by atoms with E-state index in [-0.39, 0.29) is 5.91 Å². The first kappa shape index (κ1) is 11.4. The number of piperazine rings is 1. The molecule has 1 saturated carbocycles. The fourth-order valence-corrected chi connectivity index (χ4v) is 3.23.